The van der Waals surface area contributed by atoms with E-state index >= 15 is 0 Å². The molecule has 0 radical (unpaired) electrons. The molecule has 0 amide bonds. The first-order valence-corrected chi connectivity index (χ1v) is 2.92. The molecule has 0 aliphatic heterocycles. The highest BCUT2D eigenvalue weighted by atomic mass is 19.1. The molecule has 2 N–H and O–H groups in total. The normalized spacial score (nSPS) is 10.6. The molecule has 0 bridgehead atoms. The van der Waals surface area contributed by atoms with Crippen molar-refractivity contribution < 1.29 is 19.0 Å². The monoisotopic (exact) mass is 160 g/mol. The number of aliphatic hydroxyl groups excluding tert-OH is 1. The van der Waals surface area contributed by atoms with Crippen molar-refractivity contribution in [3.8, 4) is 0 Å². The number of rotatable bonds is 1. The lowest BCUT2D eigenvalue weighted by Gasteiger charge is -2.03. The van der Waals surface area contributed by atoms with Gasteiger partial charge in [0, 0.05) is 11.6 Å². The van der Waals surface area contributed by atoms with Gasteiger partial charge < -0.3 is 10.2 Å². The predicted molar refractivity (Wildman–Crippen MR) is 33.5 cm³/mol. The van der Waals surface area contributed by atoms with Crippen LogP contribution in [0.1, 0.15) is 11.9 Å². The van der Waals surface area contributed by atoms with Gasteiger partial charge in [-0.25, -0.2) is 8.78 Å². The molecule has 0 aromatic heterocycles. The molecule has 2 nitrogen and oxygen atoms in total. The van der Waals surface area contributed by atoms with Gasteiger partial charge in [-0.1, -0.05) is 0 Å². The number of benzene rings is 1. The van der Waals surface area contributed by atoms with E-state index < -0.39 is 17.9 Å². The molecule has 0 heterocycles. The number of aliphatic hydroxyl groups is 2. The molecular formula is C7H6F2O2. The summed E-state index contributed by atoms with van der Waals surface area (Å²) in [6.45, 7) is 0. The molecule has 0 fully saturated rings. The lowest BCUT2D eigenvalue weighted by atomic mass is 10.2. The Morgan fingerprint density at radius 3 is 2.27 bits per heavy atom. The summed E-state index contributed by atoms with van der Waals surface area (Å²) in [5, 5.41) is 17.0. The Hall–Kier alpha value is -1.00. The molecule has 0 saturated heterocycles. The molecule has 1 rings (SSSR count). The Labute approximate surface area is 61.7 Å². The van der Waals surface area contributed by atoms with Crippen LogP contribution in [0, 0.1) is 11.6 Å². The average molecular weight is 160 g/mol. The Balaban J connectivity index is 3.09. The summed E-state index contributed by atoms with van der Waals surface area (Å²) in [5.41, 5.74) is -0.327. The van der Waals surface area contributed by atoms with Crippen LogP contribution in [0.4, 0.5) is 8.78 Å². The minimum atomic E-state index is -1.89. The summed E-state index contributed by atoms with van der Waals surface area (Å²) in [6.07, 6.45) is -1.89. The SMILES string of the molecule is OC(O)c1ccc(F)cc1F. The van der Waals surface area contributed by atoms with Gasteiger partial charge in [0.1, 0.15) is 11.6 Å². The van der Waals surface area contributed by atoms with Gasteiger partial charge in [0.2, 0.25) is 0 Å². The number of hydrogen-bond donors (Lipinski definition) is 2. The number of hydrogen-bond acceptors (Lipinski definition) is 2. The van der Waals surface area contributed by atoms with E-state index in [2.05, 4.69) is 0 Å². The molecule has 1 aromatic carbocycles. The van der Waals surface area contributed by atoms with Crippen LogP contribution in [-0.4, -0.2) is 10.2 Å². The van der Waals surface area contributed by atoms with Crippen molar-refractivity contribution in [2.75, 3.05) is 0 Å². The van der Waals surface area contributed by atoms with Gasteiger partial charge in [-0.15, -0.1) is 0 Å². The minimum Gasteiger partial charge on any atom is -0.364 e. The molecule has 0 aliphatic carbocycles. The van der Waals surface area contributed by atoms with E-state index in [9.17, 15) is 8.78 Å². The van der Waals surface area contributed by atoms with Gasteiger partial charge in [-0.3, -0.25) is 0 Å². The van der Waals surface area contributed by atoms with E-state index in [1.54, 1.807) is 0 Å². The Kier molecular flexibility index (Phi) is 2.16. The zero-order chi connectivity index (χ0) is 8.43. The van der Waals surface area contributed by atoms with E-state index in [1.165, 1.54) is 0 Å². The topological polar surface area (TPSA) is 40.5 Å². The van der Waals surface area contributed by atoms with Crippen LogP contribution in [0.2, 0.25) is 0 Å². The quantitative estimate of drug-likeness (QED) is 0.600. The lowest BCUT2D eigenvalue weighted by molar-refractivity contribution is -0.0449. The van der Waals surface area contributed by atoms with E-state index in [4.69, 9.17) is 10.2 Å². The Bertz CT molecular complexity index is 261. The second-order valence-electron chi connectivity index (χ2n) is 2.04. The minimum absolute atomic E-state index is 0.327. The van der Waals surface area contributed by atoms with E-state index in [-0.39, 0.29) is 5.56 Å². The zero-order valence-corrected chi connectivity index (χ0v) is 5.46. The Morgan fingerprint density at radius 1 is 1.18 bits per heavy atom. The van der Waals surface area contributed by atoms with Gasteiger partial charge in [-0.2, -0.15) is 0 Å². The van der Waals surface area contributed by atoms with Crippen LogP contribution in [0.15, 0.2) is 18.2 Å². The first-order valence-electron chi connectivity index (χ1n) is 2.92. The first kappa shape index (κ1) is 8.10. The average Bonchev–Trinajstić information content (AvgIpc) is 1.85. The molecule has 0 atom stereocenters. The molecule has 4 heteroatoms. The lowest BCUT2D eigenvalue weighted by Crippen LogP contribution is -1.98. The van der Waals surface area contributed by atoms with Crippen molar-refractivity contribution in [1.82, 2.24) is 0 Å². The van der Waals surface area contributed by atoms with Crippen molar-refractivity contribution >= 4 is 0 Å². The molecule has 11 heavy (non-hydrogen) atoms. The van der Waals surface area contributed by atoms with E-state index in [1.807, 2.05) is 0 Å². The third-order valence-corrected chi connectivity index (χ3v) is 1.24. The Morgan fingerprint density at radius 2 is 1.82 bits per heavy atom. The van der Waals surface area contributed by atoms with Gasteiger partial charge in [0.15, 0.2) is 6.29 Å². The van der Waals surface area contributed by atoms with Crippen LogP contribution >= 0.6 is 0 Å². The molecule has 0 unspecified atom stereocenters. The molecule has 0 aliphatic rings. The summed E-state index contributed by atoms with van der Waals surface area (Å²) in [7, 11) is 0. The molecule has 0 saturated carbocycles. The third kappa shape index (κ3) is 1.72. The van der Waals surface area contributed by atoms with Crippen molar-refractivity contribution in [1.29, 1.82) is 0 Å². The summed E-state index contributed by atoms with van der Waals surface area (Å²) >= 11 is 0. The van der Waals surface area contributed by atoms with Gasteiger partial charge >= 0.3 is 0 Å². The van der Waals surface area contributed by atoms with Gasteiger partial charge in [0.05, 0.1) is 0 Å². The van der Waals surface area contributed by atoms with E-state index in [0.29, 0.717) is 6.07 Å². The standard InChI is InChI=1S/C7H6F2O2/c8-4-1-2-5(7(10)11)6(9)3-4/h1-3,7,10-11H. The maximum Gasteiger partial charge on any atom is 0.181 e. The zero-order valence-electron chi connectivity index (χ0n) is 5.46. The van der Waals surface area contributed by atoms with Crippen LogP contribution in [0.5, 0.6) is 0 Å². The maximum atomic E-state index is 12.5. The van der Waals surface area contributed by atoms with E-state index in [0.717, 1.165) is 12.1 Å². The summed E-state index contributed by atoms with van der Waals surface area (Å²) < 4.78 is 24.7. The van der Waals surface area contributed by atoms with Crippen molar-refractivity contribution in [3.05, 3.63) is 35.4 Å². The largest absolute Gasteiger partial charge is 0.364 e. The second kappa shape index (κ2) is 2.94. The van der Waals surface area contributed by atoms with Gasteiger partial charge in [0.25, 0.3) is 0 Å². The fourth-order valence-corrected chi connectivity index (χ4v) is 0.711. The summed E-state index contributed by atoms with van der Waals surface area (Å²) in [6, 6.07) is 2.53. The fraction of sp³-hybridized carbons (Fsp3) is 0.143. The molecule has 60 valence electrons. The van der Waals surface area contributed by atoms with Crippen molar-refractivity contribution in [2.45, 2.75) is 6.29 Å². The summed E-state index contributed by atoms with van der Waals surface area (Å²) in [5.74, 6) is -1.70. The highest BCUT2D eigenvalue weighted by Crippen LogP contribution is 2.14. The van der Waals surface area contributed by atoms with Crippen LogP contribution in [0.25, 0.3) is 0 Å². The van der Waals surface area contributed by atoms with Crippen molar-refractivity contribution in [2.24, 2.45) is 0 Å². The van der Waals surface area contributed by atoms with Gasteiger partial charge in [-0.05, 0) is 12.1 Å². The highest BCUT2D eigenvalue weighted by molar-refractivity contribution is 5.19. The van der Waals surface area contributed by atoms with Crippen LogP contribution in [0.3, 0.4) is 0 Å². The first-order chi connectivity index (χ1) is 5.11. The predicted octanol–water partition coefficient (Wildman–Crippen LogP) is 0.948. The molecule has 1 aromatic rings. The highest BCUT2D eigenvalue weighted by Gasteiger charge is 2.09. The summed E-state index contributed by atoms with van der Waals surface area (Å²) in [4.78, 5) is 0. The fourth-order valence-electron chi connectivity index (χ4n) is 0.711. The molecule has 0 spiro atoms. The maximum absolute atomic E-state index is 12.5. The molecular weight excluding hydrogens is 154 g/mol. The van der Waals surface area contributed by atoms with Crippen LogP contribution < -0.4 is 0 Å². The third-order valence-electron chi connectivity index (χ3n) is 1.24. The van der Waals surface area contributed by atoms with Crippen molar-refractivity contribution in [3.63, 3.8) is 0 Å². The van der Waals surface area contributed by atoms with Crippen LogP contribution in [-0.2, 0) is 0 Å². The number of halogens is 2. The smallest absolute Gasteiger partial charge is 0.181 e. The second-order valence-corrected chi connectivity index (χ2v) is 2.04.